The second-order valence-electron chi connectivity index (χ2n) is 6.98. The molecule has 0 atom stereocenters. The summed E-state index contributed by atoms with van der Waals surface area (Å²) in [7, 11) is 0. The Labute approximate surface area is 176 Å². The number of hydrogen-bond donors (Lipinski definition) is 1. The summed E-state index contributed by atoms with van der Waals surface area (Å²) in [5.41, 5.74) is 3.74. The molecule has 2 aromatic heterocycles. The SMILES string of the molecule is Clc1cccc(Cn2cc(CNCCCOc3ccccn3)c3ccccc32)c1. The van der Waals surface area contributed by atoms with Crippen LogP contribution in [-0.4, -0.2) is 22.7 Å². The van der Waals surface area contributed by atoms with Crippen molar-refractivity contribution in [3.8, 4) is 5.88 Å². The van der Waals surface area contributed by atoms with Crippen LogP contribution < -0.4 is 10.1 Å². The fourth-order valence-corrected chi connectivity index (χ4v) is 3.67. The third-order valence-electron chi connectivity index (χ3n) is 4.81. The van der Waals surface area contributed by atoms with Gasteiger partial charge in [0.25, 0.3) is 0 Å². The van der Waals surface area contributed by atoms with Crippen LogP contribution in [0.5, 0.6) is 5.88 Å². The lowest BCUT2D eigenvalue weighted by Crippen LogP contribution is -2.17. The van der Waals surface area contributed by atoms with Gasteiger partial charge in [-0.05, 0) is 48.4 Å². The largest absolute Gasteiger partial charge is 0.478 e. The van der Waals surface area contributed by atoms with Gasteiger partial charge in [0.05, 0.1) is 6.61 Å². The van der Waals surface area contributed by atoms with Gasteiger partial charge in [-0.15, -0.1) is 0 Å². The predicted molar refractivity (Wildman–Crippen MR) is 119 cm³/mol. The number of rotatable bonds is 9. The fraction of sp³-hybridized carbons (Fsp3) is 0.208. The summed E-state index contributed by atoms with van der Waals surface area (Å²) >= 11 is 6.15. The quantitative estimate of drug-likeness (QED) is 0.384. The highest BCUT2D eigenvalue weighted by Crippen LogP contribution is 2.23. The zero-order valence-corrected chi connectivity index (χ0v) is 17.0. The van der Waals surface area contributed by atoms with Crippen molar-refractivity contribution in [1.82, 2.24) is 14.9 Å². The molecule has 0 aliphatic rings. The normalized spacial score (nSPS) is 11.1. The maximum Gasteiger partial charge on any atom is 0.213 e. The molecule has 148 valence electrons. The summed E-state index contributed by atoms with van der Waals surface area (Å²) in [6, 6.07) is 22.3. The Hall–Kier alpha value is -2.82. The third kappa shape index (κ3) is 5.17. The number of aromatic nitrogens is 2. The first-order valence-electron chi connectivity index (χ1n) is 9.85. The van der Waals surface area contributed by atoms with Gasteiger partial charge in [-0.1, -0.05) is 48.0 Å². The number of fused-ring (bicyclic) bond motifs is 1. The van der Waals surface area contributed by atoms with Gasteiger partial charge in [0, 0.05) is 47.5 Å². The van der Waals surface area contributed by atoms with Gasteiger partial charge in [0.1, 0.15) is 0 Å². The number of benzene rings is 2. The molecule has 0 bridgehead atoms. The number of pyridine rings is 1. The Morgan fingerprint density at radius 2 is 1.90 bits per heavy atom. The van der Waals surface area contributed by atoms with Crippen LogP contribution in [0.2, 0.25) is 5.02 Å². The van der Waals surface area contributed by atoms with Crippen LogP contribution in [0.25, 0.3) is 10.9 Å². The van der Waals surface area contributed by atoms with Crippen molar-refractivity contribution < 1.29 is 4.74 Å². The summed E-state index contributed by atoms with van der Waals surface area (Å²) < 4.78 is 7.94. The van der Waals surface area contributed by atoms with Gasteiger partial charge < -0.3 is 14.6 Å². The topological polar surface area (TPSA) is 39.1 Å². The second kappa shape index (κ2) is 9.59. The van der Waals surface area contributed by atoms with Crippen LogP contribution >= 0.6 is 11.6 Å². The van der Waals surface area contributed by atoms with Crippen molar-refractivity contribution >= 4 is 22.5 Å². The van der Waals surface area contributed by atoms with Crippen molar-refractivity contribution in [3.05, 3.63) is 95.3 Å². The number of hydrogen-bond acceptors (Lipinski definition) is 3. The second-order valence-corrected chi connectivity index (χ2v) is 7.41. The number of halogens is 1. The zero-order valence-electron chi connectivity index (χ0n) is 16.2. The van der Waals surface area contributed by atoms with Crippen LogP contribution in [0.15, 0.2) is 79.1 Å². The molecule has 4 aromatic rings. The number of ether oxygens (including phenoxy) is 1. The number of nitrogens with zero attached hydrogens (tertiary/aromatic N) is 2. The lowest BCUT2D eigenvalue weighted by Gasteiger charge is -2.06. The van der Waals surface area contributed by atoms with E-state index in [0.717, 1.165) is 31.1 Å². The van der Waals surface area contributed by atoms with Crippen molar-refractivity contribution in [2.45, 2.75) is 19.5 Å². The predicted octanol–water partition coefficient (Wildman–Crippen LogP) is 5.30. The van der Waals surface area contributed by atoms with Crippen LogP contribution in [-0.2, 0) is 13.1 Å². The van der Waals surface area contributed by atoms with E-state index in [-0.39, 0.29) is 0 Å². The van der Waals surface area contributed by atoms with Crippen LogP contribution in [0.1, 0.15) is 17.5 Å². The van der Waals surface area contributed by atoms with Crippen LogP contribution in [0, 0.1) is 0 Å². The molecular formula is C24H24ClN3O. The molecule has 0 saturated carbocycles. The fourth-order valence-electron chi connectivity index (χ4n) is 3.46. The van der Waals surface area contributed by atoms with E-state index in [0.29, 0.717) is 12.5 Å². The molecule has 29 heavy (non-hydrogen) atoms. The molecule has 0 aliphatic carbocycles. The van der Waals surface area contributed by atoms with Gasteiger partial charge in [0.15, 0.2) is 0 Å². The van der Waals surface area contributed by atoms with E-state index in [1.165, 1.54) is 22.0 Å². The maximum absolute atomic E-state index is 6.15. The third-order valence-corrected chi connectivity index (χ3v) is 5.05. The summed E-state index contributed by atoms with van der Waals surface area (Å²) in [6.45, 7) is 3.17. The van der Waals surface area contributed by atoms with E-state index in [1.54, 1.807) is 6.20 Å². The Morgan fingerprint density at radius 1 is 1.00 bits per heavy atom. The first-order chi connectivity index (χ1) is 14.3. The van der Waals surface area contributed by atoms with Gasteiger partial charge in [0.2, 0.25) is 5.88 Å². The monoisotopic (exact) mass is 405 g/mol. The van der Waals surface area contributed by atoms with Gasteiger partial charge in [-0.2, -0.15) is 0 Å². The standard InChI is InChI=1S/C24H24ClN3O/c25-21-8-5-7-19(15-21)17-28-18-20(22-9-1-2-10-23(22)28)16-26-12-6-14-29-24-11-3-4-13-27-24/h1-5,7-11,13,15,18,26H,6,12,14,16-17H2. The van der Waals surface area contributed by atoms with Crippen molar-refractivity contribution in [1.29, 1.82) is 0 Å². The lowest BCUT2D eigenvalue weighted by molar-refractivity contribution is 0.296. The van der Waals surface area contributed by atoms with E-state index in [4.69, 9.17) is 16.3 Å². The number of nitrogens with one attached hydrogen (secondary N) is 1. The van der Waals surface area contributed by atoms with Crippen molar-refractivity contribution in [3.63, 3.8) is 0 Å². The van der Waals surface area contributed by atoms with Crippen LogP contribution in [0.3, 0.4) is 0 Å². The summed E-state index contributed by atoms with van der Waals surface area (Å²) in [5.74, 6) is 0.677. The molecule has 2 aromatic carbocycles. The minimum atomic E-state index is 0.653. The van der Waals surface area contributed by atoms with E-state index >= 15 is 0 Å². The average Bonchev–Trinajstić information content (AvgIpc) is 3.09. The van der Waals surface area contributed by atoms with Crippen LogP contribution in [0.4, 0.5) is 0 Å². The summed E-state index contributed by atoms with van der Waals surface area (Å²) in [6.07, 6.45) is 4.91. The van der Waals surface area contributed by atoms with E-state index < -0.39 is 0 Å². The van der Waals surface area contributed by atoms with Gasteiger partial charge in [-0.3, -0.25) is 0 Å². The highest BCUT2D eigenvalue weighted by Gasteiger charge is 2.08. The van der Waals surface area contributed by atoms with Gasteiger partial charge in [-0.25, -0.2) is 4.98 Å². The molecule has 1 N–H and O–H groups in total. The highest BCUT2D eigenvalue weighted by molar-refractivity contribution is 6.30. The molecule has 5 heteroatoms. The Morgan fingerprint density at radius 3 is 2.76 bits per heavy atom. The Kier molecular flexibility index (Phi) is 6.45. The molecule has 4 nitrogen and oxygen atoms in total. The number of para-hydroxylation sites is 1. The molecule has 0 spiro atoms. The molecule has 0 fully saturated rings. The molecule has 0 amide bonds. The first kappa shape index (κ1) is 19.5. The smallest absolute Gasteiger partial charge is 0.213 e. The Bertz CT molecular complexity index is 1060. The minimum absolute atomic E-state index is 0.653. The molecule has 4 rings (SSSR count). The molecule has 0 saturated heterocycles. The highest BCUT2D eigenvalue weighted by atomic mass is 35.5. The van der Waals surface area contributed by atoms with E-state index in [9.17, 15) is 0 Å². The van der Waals surface area contributed by atoms with E-state index in [2.05, 4.69) is 51.4 Å². The van der Waals surface area contributed by atoms with Crippen molar-refractivity contribution in [2.24, 2.45) is 0 Å². The molecular weight excluding hydrogens is 382 g/mol. The Balaban J connectivity index is 1.35. The van der Waals surface area contributed by atoms with Gasteiger partial charge >= 0.3 is 0 Å². The van der Waals surface area contributed by atoms with Crippen molar-refractivity contribution in [2.75, 3.05) is 13.2 Å². The molecule has 0 unspecified atom stereocenters. The lowest BCUT2D eigenvalue weighted by atomic mass is 10.2. The molecule has 0 aliphatic heterocycles. The van der Waals surface area contributed by atoms with E-state index in [1.807, 2.05) is 36.4 Å². The summed E-state index contributed by atoms with van der Waals surface area (Å²) in [5, 5.41) is 5.59. The average molecular weight is 406 g/mol. The first-order valence-corrected chi connectivity index (χ1v) is 10.2. The molecule has 2 heterocycles. The maximum atomic E-state index is 6.15. The summed E-state index contributed by atoms with van der Waals surface area (Å²) in [4.78, 5) is 4.17. The zero-order chi connectivity index (χ0) is 19.9. The molecule has 0 radical (unpaired) electrons. The minimum Gasteiger partial charge on any atom is -0.478 e.